The van der Waals surface area contributed by atoms with Gasteiger partial charge in [0, 0.05) is 41.3 Å². The van der Waals surface area contributed by atoms with E-state index in [1.807, 2.05) is 20.2 Å². The zero-order valence-corrected chi connectivity index (χ0v) is 16.1. The summed E-state index contributed by atoms with van der Waals surface area (Å²) in [5.41, 5.74) is 4.36. The van der Waals surface area contributed by atoms with Crippen molar-refractivity contribution in [2.75, 3.05) is 7.05 Å². The molecule has 28 heavy (non-hydrogen) atoms. The molecule has 3 aromatic rings. The van der Waals surface area contributed by atoms with E-state index in [-0.39, 0.29) is 12.4 Å². The molecular formula is C19H20ClN3O5. The lowest BCUT2D eigenvalue weighted by molar-refractivity contribution is 0.142. The summed E-state index contributed by atoms with van der Waals surface area (Å²) in [4.78, 5) is 25.7. The van der Waals surface area contributed by atoms with Crippen molar-refractivity contribution in [1.29, 1.82) is 0 Å². The molecule has 0 unspecified atom stereocenters. The van der Waals surface area contributed by atoms with Crippen molar-refractivity contribution < 1.29 is 19.7 Å². The summed E-state index contributed by atoms with van der Waals surface area (Å²) < 4.78 is 6.59. The van der Waals surface area contributed by atoms with Gasteiger partial charge in [-0.25, -0.2) is 4.79 Å². The molecule has 0 amide bonds. The Hall–Kier alpha value is -2.97. The maximum atomic E-state index is 12.2. The van der Waals surface area contributed by atoms with Crippen molar-refractivity contribution in [2.24, 2.45) is 7.05 Å². The first-order valence-electron chi connectivity index (χ1n) is 8.55. The second-order valence-corrected chi connectivity index (χ2v) is 6.65. The molecule has 1 aliphatic carbocycles. The monoisotopic (exact) mass is 405 g/mol. The number of halogens is 1. The summed E-state index contributed by atoms with van der Waals surface area (Å²) in [7, 11) is 3.91. The smallest absolute Gasteiger partial charge is 0.504 e. The number of hydrogen-bond donors (Lipinski definition) is 4. The highest BCUT2D eigenvalue weighted by atomic mass is 35.5. The van der Waals surface area contributed by atoms with E-state index in [0.717, 1.165) is 34.3 Å². The van der Waals surface area contributed by atoms with Gasteiger partial charge >= 0.3 is 6.16 Å². The van der Waals surface area contributed by atoms with E-state index < -0.39 is 23.2 Å². The molecule has 2 heterocycles. The van der Waals surface area contributed by atoms with Crippen LogP contribution in [0.25, 0.3) is 22.2 Å². The molecule has 0 aliphatic heterocycles. The number of nitrogens with zero attached hydrogens (tertiary/aromatic N) is 1. The van der Waals surface area contributed by atoms with Crippen LogP contribution in [0.4, 0.5) is 4.79 Å². The standard InChI is InChI=1S/C19H19N3O5.ClH/c1-20-8-11-5-10-6-13-9(7-14(10)22(11)2)3-4-12-15(13)21-18(24)17(16(12)23)27-19(25)26;/h5-7,20H,3-4,8H2,1-2H3,(H,25,26)(H2,21,23,24);1H. The number of H-pyrrole nitrogens is 1. The summed E-state index contributed by atoms with van der Waals surface area (Å²) in [5.74, 6) is -0.993. The minimum absolute atomic E-state index is 0. The number of carbonyl (C=O) groups is 1. The Morgan fingerprint density at radius 1 is 1.32 bits per heavy atom. The van der Waals surface area contributed by atoms with Crippen LogP contribution in [0.3, 0.4) is 0 Å². The van der Waals surface area contributed by atoms with Gasteiger partial charge in [0.05, 0.1) is 5.69 Å². The number of aryl methyl sites for hydroxylation is 2. The molecule has 4 N–H and O–H groups in total. The minimum Gasteiger partial charge on any atom is -0.504 e. The minimum atomic E-state index is -1.64. The first kappa shape index (κ1) is 19.8. The highest BCUT2D eigenvalue weighted by molar-refractivity contribution is 5.89. The van der Waals surface area contributed by atoms with Crippen molar-refractivity contribution in [3.63, 3.8) is 0 Å². The normalized spacial score (nSPS) is 12.2. The Balaban J connectivity index is 0.00000225. The third-order valence-electron chi connectivity index (χ3n) is 5.08. The van der Waals surface area contributed by atoms with E-state index in [1.54, 1.807) is 0 Å². The molecule has 148 valence electrons. The van der Waals surface area contributed by atoms with Crippen molar-refractivity contribution in [1.82, 2.24) is 14.9 Å². The molecule has 0 bridgehead atoms. The topological polar surface area (TPSA) is 117 Å². The molecule has 0 saturated carbocycles. The van der Waals surface area contributed by atoms with Gasteiger partial charge in [0.25, 0.3) is 5.56 Å². The largest absolute Gasteiger partial charge is 0.511 e. The van der Waals surface area contributed by atoms with Gasteiger partial charge in [0.1, 0.15) is 0 Å². The fourth-order valence-corrected chi connectivity index (χ4v) is 3.80. The van der Waals surface area contributed by atoms with Crippen LogP contribution in [0.15, 0.2) is 23.0 Å². The van der Waals surface area contributed by atoms with E-state index in [4.69, 9.17) is 5.11 Å². The van der Waals surface area contributed by atoms with Crippen LogP contribution in [-0.4, -0.2) is 33.0 Å². The molecule has 2 aromatic heterocycles. The Labute approximate surface area is 166 Å². The van der Waals surface area contributed by atoms with Crippen molar-refractivity contribution in [3.05, 3.63) is 45.4 Å². The first-order valence-corrected chi connectivity index (χ1v) is 8.55. The third-order valence-corrected chi connectivity index (χ3v) is 5.08. The fourth-order valence-electron chi connectivity index (χ4n) is 3.80. The van der Waals surface area contributed by atoms with Crippen LogP contribution in [0.1, 0.15) is 16.8 Å². The number of hydrogen-bond acceptors (Lipinski definition) is 5. The lowest BCUT2D eigenvalue weighted by atomic mass is 9.87. The predicted octanol–water partition coefficient (Wildman–Crippen LogP) is 2.54. The lowest BCUT2D eigenvalue weighted by Crippen LogP contribution is -2.19. The average molecular weight is 406 g/mol. The highest BCUT2D eigenvalue weighted by Crippen LogP contribution is 2.40. The van der Waals surface area contributed by atoms with Crippen LogP contribution < -0.4 is 15.6 Å². The SMILES string of the molecule is CNCc1cc2cc3c(cc2n1C)CCc1c-3[nH]c(=O)c(OC(=O)O)c1O.Cl. The maximum Gasteiger partial charge on any atom is 0.511 e. The number of aromatic nitrogens is 2. The molecule has 9 heteroatoms. The van der Waals surface area contributed by atoms with Gasteiger partial charge in [-0.2, -0.15) is 0 Å². The number of benzene rings is 1. The molecule has 8 nitrogen and oxygen atoms in total. The van der Waals surface area contributed by atoms with Crippen molar-refractivity contribution in [2.45, 2.75) is 19.4 Å². The predicted molar refractivity (Wildman–Crippen MR) is 107 cm³/mol. The quantitative estimate of drug-likeness (QED) is 0.497. The van der Waals surface area contributed by atoms with Gasteiger partial charge < -0.3 is 29.8 Å². The van der Waals surface area contributed by atoms with Gasteiger partial charge in [-0.15, -0.1) is 12.4 Å². The van der Waals surface area contributed by atoms with E-state index in [2.05, 4.69) is 31.7 Å². The highest BCUT2D eigenvalue weighted by Gasteiger charge is 2.26. The van der Waals surface area contributed by atoms with Crippen molar-refractivity contribution in [3.8, 4) is 22.8 Å². The Morgan fingerprint density at radius 2 is 2.07 bits per heavy atom. The molecule has 0 radical (unpaired) electrons. The number of nitrogens with one attached hydrogen (secondary N) is 2. The van der Waals surface area contributed by atoms with Crippen LogP contribution in [0.2, 0.25) is 0 Å². The Kier molecular flexibility index (Phi) is 5.10. The zero-order chi connectivity index (χ0) is 19.3. The third kappa shape index (κ3) is 3.00. The number of pyridine rings is 1. The van der Waals surface area contributed by atoms with Gasteiger partial charge in [-0.3, -0.25) is 4.79 Å². The summed E-state index contributed by atoms with van der Waals surface area (Å²) in [6.45, 7) is 0.736. The Morgan fingerprint density at radius 3 is 2.75 bits per heavy atom. The number of aromatic hydroxyl groups is 1. The molecule has 1 aliphatic rings. The van der Waals surface area contributed by atoms with Gasteiger partial charge in [0.15, 0.2) is 5.75 Å². The Bertz CT molecular complexity index is 1150. The number of rotatable bonds is 3. The summed E-state index contributed by atoms with van der Waals surface area (Å²) in [6, 6.07) is 6.18. The van der Waals surface area contributed by atoms with Gasteiger partial charge in [-0.05, 0) is 43.7 Å². The molecule has 1 aromatic carbocycles. The van der Waals surface area contributed by atoms with Gasteiger partial charge in [0.2, 0.25) is 5.75 Å². The number of fused-ring (bicyclic) bond motifs is 4. The summed E-state index contributed by atoms with van der Waals surface area (Å²) in [5, 5.41) is 23.3. The first-order chi connectivity index (χ1) is 12.9. The molecule has 0 spiro atoms. The number of aromatic amines is 1. The van der Waals surface area contributed by atoms with Crippen LogP contribution in [0, 0.1) is 0 Å². The molecule has 0 atom stereocenters. The van der Waals surface area contributed by atoms with E-state index in [0.29, 0.717) is 24.1 Å². The van der Waals surface area contributed by atoms with E-state index in [1.165, 1.54) is 0 Å². The second-order valence-electron chi connectivity index (χ2n) is 6.65. The summed E-state index contributed by atoms with van der Waals surface area (Å²) in [6.07, 6.45) is -0.507. The zero-order valence-electron chi connectivity index (χ0n) is 15.3. The van der Waals surface area contributed by atoms with Gasteiger partial charge in [-0.1, -0.05) is 0 Å². The van der Waals surface area contributed by atoms with Crippen molar-refractivity contribution >= 4 is 29.5 Å². The van der Waals surface area contributed by atoms with E-state index >= 15 is 0 Å². The maximum absolute atomic E-state index is 12.2. The number of carboxylic acid groups (broad SMARTS) is 1. The lowest BCUT2D eigenvalue weighted by Gasteiger charge is -2.21. The van der Waals surface area contributed by atoms with Crippen LogP contribution in [-0.2, 0) is 26.4 Å². The van der Waals surface area contributed by atoms with E-state index in [9.17, 15) is 14.7 Å². The summed E-state index contributed by atoms with van der Waals surface area (Å²) >= 11 is 0. The molecular weight excluding hydrogens is 386 g/mol. The molecule has 0 fully saturated rings. The van der Waals surface area contributed by atoms with Crippen LogP contribution >= 0.6 is 12.4 Å². The molecule has 0 saturated heterocycles. The number of ether oxygens (including phenoxy) is 1. The second kappa shape index (κ2) is 7.21. The fraction of sp³-hybridized carbons (Fsp3) is 0.263. The average Bonchev–Trinajstić information content (AvgIpc) is 2.92. The molecule has 4 rings (SSSR count). The van der Waals surface area contributed by atoms with Crippen LogP contribution in [0.5, 0.6) is 11.5 Å².